The predicted octanol–water partition coefficient (Wildman–Crippen LogP) is 21.5. The van der Waals surface area contributed by atoms with Crippen molar-refractivity contribution in [3.63, 3.8) is 0 Å². The van der Waals surface area contributed by atoms with Crippen LogP contribution in [0.3, 0.4) is 0 Å². The zero-order chi connectivity index (χ0) is 56.4. The third-order valence-electron chi connectivity index (χ3n) is 12.4. The molecule has 0 rings (SSSR count). The second-order valence-corrected chi connectivity index (χ2v) is 19.8. The van der Waals surface area contributed by atoms with E-state index in [4.69, 9.17) is 14.2 Å². The van der Waals surface area contributed by atoms with Crippen molar-refractivity contribution >= 4 is 17.9 Å². The van der Waals surface area contributed by atoms with E-state index in [0.29, 0.717) is 19.3 Å². The Balaban J connectivity index is 4.42. The van der Waals surface area contributed by atoms with E-state index < -0.39 is 6.10 Å². The van der Waals surface area contributed by atoms with Crippen molar-refractivity contribution in [2.75, 3.05) is 13.2 Å². The molecule has 0 radical (unpaired) electrons. The second-order valence-electron chi connectivity index (χ2n) is 19.8. The average molecular weight is 1070 g/mol. The van der Waals surface area contributed by atoms with E-state index in [-0.39, 0.29) is 37.5 Å². The maximum absolute atomic E-state index is 12.9. The van der Waals surface area contributed by atoms with Crippen LogP contribution in [0.2, 0.25) is 0 Å². The first-order chi connectivity index (χ1) is 38.5. The Morgan fingerprint density at radius 3 is 0.833 bits per heavy atom. The van der Waals surface area contributed by atoms with Gasteiger partial charge in [0.1, 0.15) is 13.2 Å². The maximum atomic E-state index is 12.9. The highest BCUT2D eigenvalue weighted by Crippen LogP contribution is 2.13. The zero-order valence-electron chi connectivity index (χ0n) is 49.9. The van der Waals surface area contributed by atoms with Gasteiger partial charge in [0.05, 0.1) is 0 Å². The first-order valence-corrected chi connectivity index (χ1v) is 31.1. The van der Waals surface area contributed by atoms with Gasteiger partial charge in [0.25, 0.3) is 0 Å². The number of hydrogen-bond donors (Lipinski definition) is 0. The largest absolute Gasteiger partial charge is 0.462 e. The van der Waals surface area contributed by atoms with Gasteiger partial charge < -0.3 is 14.2 Å². The molecule has 0 amide bonds. The number of hydrogen-bond acceptors (Lipinski definition) is 6. The van der Waals surface area contributed by atoms with Gasteiger partial charge >= 0.3 is 17.9 Å². The Hall–Kier alpha value is -5.23. The summed E-state index contributed by atoms with van der Waals surface area (Å²) in [5.74, 6) is -1.00. The van der Waals surface area contributed by atoms with Crippen LogP contribution in [-0.4, -0.2) is 37.2 Å². The smallest absolute Gasteiger partial charge is 0.306 e. The molecule has 0 saturated carbocycles. The number of ether oxygens (including phenoxy) is 3. The van der Waals surface area contributed by atoms with Gasteiger partial charge in [-0.2, -0.15) is 0 Å². The van der Waals surface area contributed by atoms with Gasteiger partial charge in [-0.3, -0.25) is 14.4 Å². The van der Waals surface area contributed by atoms with E-state index in [9.17, 15) is 14.4 Å². The summed E-state index contributed by atoms with van der Waals surface area (Å²) >= 11 is 0. The number of carbonyl (C=O) groups is 3. The number of rotatable bonds is 54. The third kappa shape index (κ3) is 61.6. The normalized spacial score (nSPS) is 13.3. The van der Waals surface area contributed by atoms with Crippen LogP contribution >= 0.6 is 0 Å². The van der Waals surface area contributed by atoms with Crippen molar-refractivity contribution < 1.29 is 28.6 Å². The van der Waals surface area contributed by atoms with Gasteiger partial charge in [-0.25, -0.2) is 0 Å². The van der Waals surface area contributed by atoms with Crippen LogP contribution < -0.4 is 0 Å². The summed E-state index contributed by atoms with van der Waals surface area (Å²) in [5, 5.41) is 0. The van der Waals surface area contributed by atoms with E-state index in [1.54, 1.807) is 0 Å². The van der Waals surface area contributed by atoms with Crippen LogP contribution in [-0.2, 0) is 28.6 Å². The first kappa shape index (κ1) is 72.8. The monoisotopic (exact) mass is 1070 g/mol. The first-order valence-electron chi connectivity index (χ1n) is 31.1. The zero-order valence-corrected chi connectivity index (χ0v) is 49.9. The Labute approximate surface area is 479 Å². The van der Waals surface area contributed by atoms with Crippen LogP contribution in [0.4, 0.5) is 0 Å². The Kier molecular flexibility index (Phi) is 60.0. The third-order valence-corrected chi connectivity index (χ3v) is 12.4. The fourth-order valence-electron chi connectivity index (χ4n) is 7.85. The van der Waals surface area contributed by atoms with Crippen LogP contribution in [0.1, 0.15) is 245 Å². The fourth-order valence-corrected chi connectivity index (χ4v) is 7.85. The van der Waals surface area contributed by atoms with E-state index >= 15 is 0 Å². The molecule has 0 aliphatic heterocycles. The van der Waals surface area contributed by atoms with E-state index in [1.165, 1.54) is 44.9 Å². The molecule has 1 atom stereocenters. The lowest BCUT2D eigenvalue weighted by Gasteiger charge is -2.18. The summed E-state index contributed by atoms with van der Waals surface area (Å²) in [6, 6.07) is 0. The van der Waals surface area contributed by atoms with Gasteiger partial charge in [-0.05, 0) is 141 Å². The molecule has 0 heterocycles. The summed E-state index contributed by atoms with van der Waals surface area (Å²) in [6.07, 6.45) is 95.1. The van der Waals surface area contributed by atoms with Crippen molar-refractivity contribution in [3.05, 3.63) is 170 Å². The van der Waals surface area contributed by atoms with Gasteiger partial charge in [-0.1, -0.05) is 255 Å². The van der Waals surface area contributed by atoms with Crippen LogP contribution in [0.5, 0.6) is 0 Å². The lowest BCUT2D eigenvalue weighted by atomic mass is 10.1. The summed E-state index contributed by atoms with van der Waals surface area (Å²) in [6.45, 7) is 6.27. The molecule has 0 saturated heterocycles. The van der Waals surface area contributed by atoms with Crippen molar-refractivity contribution in [2.24, 2.45) is 0 Å². The van der Waals surface area contributed by atoms with Crippen LogP contribution in [0.15, 0.2) is 170 Å². The number of unbranched alkanes of at least 4 members (excludes halogenated alkanes) is 15. The summed E-state index contributed by atoms with van der Waals surface area (Å²) < 4.78 is 16.8. The molecule has 0 aliphatic rings. The molecular formula is C72H112O6. The van der Waals surface area contributed by atoms with Crippen molar-refractivity contribution in [1.29, 1.82) is 0 Å². The molecule has 6 nitrogen and oxygen atoms in total. The molecule has 0 aromatic heterocycles. The highest BCUT2D eigenvalue weighted by molar-refractivity contribution is 5.71. The molecule has 0 aromatic carbocycles. The predicted molar refractivity (Wildman–Crippen MR) is 338 cm³/mol. The average Bonchev–Trinajstić information content (AvgIpc) is 3.44. The van der Waals surface area contributed by atoms with Crippen molar-refractivity contribution in [1.82, 2.24) is 0 Å². The molecule has 0 spiro atoms. The van der Waals surface area contributed by atoms with E-state index in [2.05, 4.69) is 191 Å². The molecule has 436 valence electrons. The molecular weight excluding hydrogens is 961 g/mol. The second kappa shape index (κ2) is 64.3. The van der Waals surface area contributed by atoms with Crippen LogP contribution in [0.25, 0.3) is 0 Å². The van der Waals surface area contributed by atoms with Crippen molar-refractivity contribution in [3.8, 4) is 0 Å². The Bertz CT molecular complexity index is 1810. The summed E-state index contributed by atoms with van der Waals surface area (Å²) in [5.41, 5.74) is 0. The molecule has 0 fully saturated rings. The van der Waals surface area contributed by atoms with E-state index in [0.717, 1.165) is 154 Å². The quantitative estimate of drug-likeness (QED) is 0.0261. The van der Waals surface area contributed by atoms with Crippen LogP contribution in [0, 0.1) is 0 Å². The minimum Gasteiger partial charge on any atom is -0.462 e. The minimum atomic E-state index is -0.825. The Morgan fingerprint density at radius 1 is 0.269 bits per heavy atom. The SMILES string of the molecule is CC/C=C\C/C=C\C/C=C\C/C=C\C/C=C\C/C=C\C/C=C\CCCC(=O)OC(COC(=O)CCCCCCC/C=C\CCC)COC(=O)CCCCCCCCCC/C=C\C/C=C\C/C=C\C/C=C\C/C=C\C/C=C\CC. The maximum Gasteiger partial charge on any atom is 0.306 e. The summed E-state index contributed by atoms with van der Waals surface area (Å²) in [4.78, 5) is 38.2. The topological polar surface area (TPSA) is 78.9 Å². The van der Waals surface area contributed by atoms with Gasteiger partial charge in [-0.15, -0.1) is 0 Å². The van der Waals surface area contributed by atoms with Gasteiger partial charge in [0.15, 0.2) is 6.10 Å². The fraction of sp³-hybridized carbons (Fsp3) is 0.569. The summed E-state index contributed by atoms with van der Waals surface area (Å²) in [7, 11) is 0. The number of esters is 3. The van der Waals surface area contributed by atoms with E-state index in [1.807, 2.05) is 0 Å². The molecule has 6 heteroatoms. The van der Waals surface area contributed by atoms with Gasteiger partial charge in [0.2, 0.25) is 0 Å². The van der Waals surface area contributed by atoms with Crippen molar-refractivity contribution in [2.45, 2.75) is 252 Å². The molecule has 0 aromatic rings. The highest BCUT2D eigenvalue weighted by atomic mass is 16.6. The molecule has 78 heavy (non-hydrogen) atoms. The Morgan fingerprint density at radius 2 is 0.513 bits per heavy atom. The minimum absolute atomic E-state index is 0.116. The lowest BCUT2D eigenvalue weighted by Crippen LogP contribution is -2.30. The molecule has 1 unspecified atom stereocenters. The highest BCUT2D eigenvalue weighted by Gasteiger charge is 2.19. The number of carbonyl (C=O) groups excluding carboxylic acids is 3. The molecule has 0 aliphatic carbocycles. The lowest BCUT2D eigenvalue weighted by molar-refractivity contribution is -0.167. The van der Waals surface area contributed by atoms with Gasteiger partial charge in [0, 0.05) is 19.3 Å². The standard InChI is InChI=1S/C72H112O6/c1-4-7-10-13-16-19-22-24-26-28-30-32-34-35-36-37-39-40-42-44-46-48-50-53-56-59-62-65-71(74)77-68-69(67-76-70(73)64-61-58-55-52-21-18-15-12-9-6-3)78-72(75)66-63-60-57-54-51-49-47-45-43-41-38-33-31-29-27-25-23-20-17-14-11-8-5-2/h7-8,10-12,15-17,19-20,24-27,30-33,35-36,39-41,43,47,49,54,57,69H,4-6,9,13-14,18,21-23,28-29,34,37-38,42,44-46,48,50-53,55-56,58-68H2,1-3H3/b10-7-,11-8-,15-12-,19-16-,20-17-,26-24-,27-25-,32-30-,33-31-,36-35-,40-39-,43-41-,49-47-,57-54-. The molecule has 0 bridgehead atoms. The number of allylic oxidation sites excluding steroid dienone is 28. The molecule has 0 N–H and O–H groups in total.